The fraction of sp³-hybridized carbons (Fsp3) is 0.613. The number of quaternary nitrogens is 1. The van der Waals surface area contributed by atoms with Gasteiger partial charge in [-0.1, -0.05) is 71.9 Å². The number of phenolic OH excluding ortho intramolecular Hbond substituents is 1. The van der Waals surface area contributed by atoms with E-state index in [0.29, 0.717) is 12.3 Å². The molecule has 1 unspecified atom stereocenters. The van der Waals surface area contributed by atoms with E-state index in [1.165, 1.54) is 5.56 Å². The Labute approximate surface area is 231 Å². The number of nitrogens with one attached hydrogen (secondary N) is 1. The van der Waals surface area contributed by atoms with Crippen molar-refractivity contribution < 1.29 is 23.2 Å². The standard InChI is InChI=1S/C31H51N2O4P/c1-11-36-38(35,37-12-2)29(32-19-16-20-33(9,10)23-24-17-14-13-15-18-24)25-21-26(30(3,4)5)28(34)27(22-25)31(6,7)8/h13-15,17-18,21-22,29,32H,11-12,16,19-20,23H2,1-10H3/p+1. The molecule has 0 aromatic heterocycles. The molecule has 2 N–H and O–H groups in total. The van der Waals surface area contributed by atoms with Crippen molar-refractivity contribution in [2.24, 2.45) is 0 Å². The molecule has 0 spiro atoms. The molecule has 0 radical (unpaired) electrons. The van der Waals surface area contributed by atoms with Gasteiger partial charge in [-0.25, -0.2) is 0 Å². The van der Waals surface area contributed by atoms with Crippen molar-refractivity contribution in [2.75, 3.05) is 40.4 Å². The van der Waals surface area contributed by atoms with Gasteiger partial charge < -0.3 is 18.6 Å². The Bertz CT molecular complexity index is 1030. The van der Waals surface area contributed by atoms with Gasteiger partial charge in [0.1, 0.15) is 18.1 Å². The van der Waals surface area contributed by atoms with Crippen LogP contribution in [0.25, 0.3) is 0 Å². The Balaban J connectivity index is 2.41. The molecule has 38 heavy (non-hydrogen) atoms. The van der Waals surface area contributed by atoms with E-state index >= 15 is 0 Å². The zero-order chi connectivity index (χ0) is 28.8. The molecule has 0 aliphatic rings. The summed E-state index contributed by atoms with van der Waals surface area (Å²) in [5, 5.41) is 14.8. The van der Waals surface area contributed by atoms with Gasteiger partial charge in [0.25, 0.3) is 0 Å². The molecular weight excluding hydrogens is 495 g/mol. The summed E-state index contributed by atoms with van der Waals surface area (Å²) < 4.78 is 26.7. The van der Waals surface area contributed by atoms with Crippen molar-refractivity contribution in [3.05, 3.63) is 64.7 Å². The summed E-state index contributed by atoms with van der Waals surface area (Å²) in [6.45, 7) is 19.3. The summed E-state index contributed by atoms with van der Waals surface area (Å²) in [6, 6.07) is 14.5. The first kappa shape index (κ1) is 32.5. The van der Waals surface area contributed by atoms with Gasteiger partial charge in [-0.15, -0.1) is 0 Å². The molecule has 0 saturated carbocycles. The summed E-state index contributed by atoms with van der Waals surface area (Å²) >= 11 is 0. The minimum atomic E-state index is -3.54. The third kappa shape index (κ3) is 8.93. The molecule has 0 fully saturated rings. The fourth-order valence-corrected chi connectivity index (χ4v) is 6.78. The van der Waals surface area contributed by atoms with Crippen molar-refractivity contribution in [3.63, 3.8) is 0 Å². The largest absolute Gasteiger partial charge is 0.507 e. The summed E-state index contributed by atoms with van der Waals surface area (Å²) in [7, 11) is 0.930. The Hall–Kier alpha value is -1.69. The van der Waals surface area contributed by atoms with Crippen molar-refractivity contribution in [1.82, 2.24) is 5.32 Å². The Kier molecular flexibility index (Phi) is 11.2. The van der Waals surface area contributed by atoms with Crippen molar-refractivity contribution >= 4 is 7.60 Å². The minimum Gasteiger partial charge on any atom is -0.507 e. The SMILES string of the molecule is CCOP(=O)(OCC)C(NCCC[N+](C)(C)Cc1ccccc1)c1cc(C(C)(C)C)c(O)c(C(C)(C)C)c1. The van der Waals surface area contributed by atoms with E-state index in [4.69, 9.17) is 9.05 Å². The summed E-state index contributed by atoms with van der Waals surface area (Å²) in [5.74, 6) is -0.343. The normalized spacial score (nSPS) is 14.1. The summed E-state index contributed by atoms with van der Waals surface area (Å²) in [5.41, 5.74) is 3.18. The molecule has 214 valence electrons. The molecule has 7 heteroatoms. The number of phenols is 1. The third-order valence-corrected chi connectivity index (χ3v) is 9.08. The summed E-state index contributed by atoms with van der Waals surface area (Å²) in [6.07, 6.45) is 0.894. The highest BCUT2D eigenvalue weighted by Gasteiger charge is 2.39. The van der Waals surface area contributed by atoms with Crippen LogP contribution in [0.2, 0.25) is 0 Å². The van der Waals surface area contributed by atoms with Crippen LogP contribution >= 0.6 is 7.60 Å². The molecule has 1 atom stereocenters. The van der Waals surface area contributed by atoms with Gasteiger partial charge in [0.15, 0.2) is 0 Å². The smallest absolute Gasteiger partial charge is 0.351 e. The molecule has 0 bridgehead atoms. The first-order chi connectivity index (χ1) is 17.5. The molecule has 2 aromatic rings. The molecule has 0 saturated heterocycles. The average Bonchev–Trinajstić information content (AvgIpc) is 2.78. The molecule has 6 nitrogen and oxygen atoms in total. The Morgan fingerprint density at radius 1 is 0.921 bits per heavy atom. The summed E-state index contributed by atoms with van der Waals surface area (Å²) in [4.78, 5) is 0. The molecule has 2 rings (SSSR count). The van der Waals surface area contributed by atoms with Gasteiger partial charge in [0.2, 0.25) is 0 Å². The van der Waals surface area contributed by atoms with E-state index in [0.717, 1.165) is 40.7 Å². The van der Waals surface area contributed by atoms with E-state index in [9.17, 15) is 9.67 Å². The molecule has 0 aliphatic carbocycles. The number of nitrogens with zero attached hydrogens (tertiary/aromatic N) is 1. The highest BCUT2D eigenvalue weighted by atomic mass is 31.2. The van der Waals surface area contributed by atoms with E-state index < -0.39 is 13.4 Å². The van der Waals surface area contributed by atoms with Crippen LogP contribution in [0.5, 0.6) is 5.75 Å². The zero-order valence-corrected chi connectivity index (χ0v) is 26.3. The maximum Gasteiger partial charge on any atom is 0.351 e. The van der Waals surface area contributed by atoms with E-state index in [-0.39, 0.29) is 24.0 Å². The Morgan fingerprint density at radius 3 is 1.87 bits per heavy atom. The number of hydrogen-bond acceptors (Lipinski definition) is 5. The quantitative estimate of drug-likeness (QED) is 0.154. The third-order valence-electron chi connectivity index (χ3n) is 6.73. The molecule has 0 amide bonds. The van der Waals surface area contributed by atoms with Gasteiger partial charge in [0, 0.05) is 18.5 Å². The van der Waals surface area contributed by atoms with Crippen LogP contribution in [0.15, 0.2) is 42.5 Å². The lowest BCUT2D eigenvalue weighted by Gasteiger charge is -2.33. The van der Waals surface area contributed by atoms with Crippen molar-refractivity contribution in [3.8, 4) is 5.75 Å². The first-order valence-corrected chi connectivity index (χ1v) is 15.5. The van der Waals surface area contributed by atoms with Crippen LogP contribution in [0, 0.1) is 0 Å². The lowest BCUT2D eigenvalue weighted by atomic mass is 9.78. The van der Waals surface area contributed by atoms with E-state index in [1.807, 2.05) is 32.0 Å². The van der Waals surface area contributed by atoms with Crippen LogP contribution in [-0.4, -0.2) is 50.0 Å². The maximum absolute atomic E-state index is 14.2. The molecule has 0 aliphatic heterocycles. The highest BCUT2D eigenvalue weighted by Crippen LogP contribution is 2.60. The lowest BCUT2D eigenvalue weighted by molar-refractivity contribution is -0.903. The second kappa shape index (κ2) is 13.1. The van der Waals surface area contributed by atoms with Crippen LogP contribution < -0.4 is 5.32 Å². The van der Waals surface area contributed by atoms with Crippen molar-refractivity contribution in [1.29, 1.82) is 0 Å². The van der Waals surface area contributed by atoms with Crippen LogP contribution in [0.1, 0.15) is 89.8 Å². The van der Waals surface area contributed by atoms with Gasteiger partial charge in [-0.3, -0.25) is 9.88 Å². The van der Waals surface area contributed by atoms with Gasteiger partial charge >= 0.3 is 7.60 Å². The van der Waals surface area contributed by atoms with E-state index in [1.54, 1.807) is 0 Å². The Morgan fingerprint density at radius 2 is 1.42 bits per heavy atom. The molecule has 0 heterocycles. The van der Waals surface area contributed by atoms with Crippen LogP contribution in [0.3, 0.4) is 0 Å². The van der Waals surface area contributed by atoms with Crippen molar-refractivity contribution in [2.45, 2.75) is 85.0 Å². The predicted octanol–water partition coefficient (Wildman–Crippen LogP) is 7.51. The van der Waals surface area contributed by atoms with Gasteiger partial charge in [-0.05, 0) is 53.5 Å². The first-order valence-electron chi connectivity index (χ1n) is 13.9. The van der Waals surface area contributed by atoms with Crippen LogP contribution in [0.4, 0.5) is 0 Å². The molecular formula is C31H52N2O4P+. The fourth-order valence-electron chi connectivity index (χ4n) is 4.82. The lowest BCUT2D eigenvalue weighted by Crippen LogP contribution is -2.40. The monoisotopic (exact) mass is 547 g/mol. The molecule has 2 aromatic carbocycles. The highest BCUT2D eigenvalue weighted by molar-refractivity contribution is 7.54. The average molecular weight is 548 g/mol. The predicted molar refractivity (Wildman–Crippen MR) is 159 cm³/mol. The number of hydrogen-bond donors (Lipinski definition) is 2. The van der Waals surface area contributed by atoms with E-state index in [2.05, 4.69) is 85.2 Å². The van der Waals surface area contributed by atoms with Crippen LogP contribution in [-0.2, 0) is 31.0 Å². The minimum absolute atomic E-state index is 0.285. The van der Waals surface area contributed by atoms with Gasteiger partial charge in [-0.2, -0.15) is 0 Å². The second-order valence-electron chi connectivity index (χ2n) is 12.9. The zero-order valence-electron chi connectivity index (χ0n) is 25.4. The number of aromatic hydroxyl groups is 1. The topological polar surface area (TPSA) is 67.8 Å². The second-order valence-corrected chi connectivity index (χ2v) is 15.0. The van der Waals surface area contributed by atoms with Gasteiger partial charge in [0.05, 0.1) is 33.9 Å². The number of benzene rings is 2. The maximum atomic E-state index is 14.2. The number of rotatable bonds is 13.